The third-order valence-electron chi connectivity index (χ3n) is 2.14. The lowest BCUT2D eigenvalue weighted by molar-refractivity contribution is 0.517. The summed E-state index contributed by atoms with van der Waals surface area (Å²) in [7, 11) is 0. The highest BCUT2D eigenvalue weighted by atomic mass is 79.9. The van der Waals surface area contributed by atoms with Crippen LogP contribution in [0, 0.1) is 5.95 Å². The van der Waals surface area contributed by atoms with Crippen molar-refractivity contribution in [3.05, 3.63) is 39.7 Å². The average Bonchev–Trinajstić information content (AvgIpc) is 2.23. The van der Waals surface area contributed by atoms with Crippen LogP contribution >= 0.6 is 27.7 Å². The lowest BCUT2D eigenvalue weighted by Gasteiger charge is -2.23. The van der Waals surface area contributed by atoms with Gasteiger partial charge in [-0.2, -0.15) is 4.39 Å². The summed E-state index contributed by atoms with van der Waals surface area (Å²) >= 11 is 4.62. The lowest BCUT2D eigenvalue weighted by atomic mass is 9.94. The second kappa shape index (κ2) is 4.06. The number of aromatic nitrogens is 1. The van der Waals surface area contributed by atoms with Crippen molar-refractivity contribution in [3.63, 3.8) is 0 Å². The molecule has 0 aromatic carbocycles. The maximum absolute atomic E-state index is 13.5. The Labute approximate surface area is 99.8 Å². The number of hydrogen-bond donors (Lipinski definition) is 0. The zero-order valence-corrected chi connectivity index (χ0v) is 10.3. The standard InChI is InChI=1S/C10H7BrFN2S/c1-10(2-3-15-6-14-10)8-4-7(11)5-13-9(8)12/h2-5H,1H3/t10-/m0/s1. The van der Waals surface area contributed by atoms with Crippen LogP contribution < -0.4 is 0 Å². The first-order valence-corrected chi connectivity index (χ1v) is 5.91. The molecule has 0 aliphatic carbocycles. The van der Waals surface area contributed by atoms with Crippen molar-refractivity contribution in [2.75, 3.05) is 0 Å². The minimum absolute atomic E-state index is 0.445. The summed E-state index contributed by atoms with van der Waals surface area (Å²) in [5.74, 6) is -0.497. The summed E-state index contributed by atoms with van der Waals surface area (Å²) in [4.78, 5) is 7.82. The largest absolute Gasteiger partial charge is 0.260 e. The van der Waals surface area contributed by atoms with E-state index in [0.717, 1.165) is 4.47 Å². The maximum Gasteiger partial charge on any atom is 0.218 e. The molecule has 15 heavy (non-hydrogen) atoms. The van der Waals surface area contributed by atoms with Gasteiger partial charge in [0.25, 0.3) is 0 Å². The van der Waals surface area contributed by atoms with Crippen molar-refractivity contribution < 1.29 is 4.39 Å². The molecule has 77 valence electrons. The number of pyridine rings is 1. The van der Waals surface area contributed by atoms with Crippen LogP contribution in [0.1, 0.15) is 12.5 Å². The molecule has 2 nitrogen and oxygen atoms in total. The van der Waals surface area contributed by atoms with E-state index in [4.69, 9.17) is 0 Å². The van der Waals surface area contributed by atoms with Gasteiger partial charge in [0.05, 0.1) is 0 Å². The molecule has 1 aromatic heterocycles. The Balaban J connectivity index is 2.52. The van der Waals surface area contributed by atoms with Crippen LogP contribution in [0.2, 0.25) is 0 Å². The van der Waals surface area contributed by atoms with Crippen LogP contribution in [-0.2, 0) is 5.54 Å². The topological polar surface area (TPSA) is 25.2 Å². The Kier molecular flexibility index (Phi) is 2.93. The monoisotopic (exact) mass is 285 g/mol. The first-order valence-electron chi connectivity index (χ1n) is 4.23. The zero-order valence-electron chi connectivity index (χ0n) is 7.87. The molecule has 0 amide bonds. The lowest BCUT2D eigenvalue weighted by Crippen LogP contribution is -2.19. The van der Waals surface area contributed by atoms with E-state index >= 15 is 0 Å². The first kappa shape index (κ1) is 10.8. The van der Waals surface area contributed by atoms with Gasteiger partial charge in [0.2, 0.25) is 5.95 Å². The van der Waals surface area contributed by atoms with Crippen molar-refractivity contribution in [1.29, 1.82) is 0 Å². The highest BCUT2D eigenvalue weighted by molar-refractivity contribution is 9.10. The third kappa shape index (κ3) is 2.13. The van der Waals surface area contributed by atoms with E-state index in [9.17, 15) is 4.39 Å². The fourth-order valence-corrected chi connectivity index (χ4v) is 2.25. The maximum atomic E-state index is 13.5. The van der Waals surface area contributed by atoms with Gasteiger partial charge in [-0.15, -0.1) is 0 Å². The summed E-state index contributed by atoms with van der Waals surface area (Å²) in [5.41, 5.74) is 2.51. The smallest absolute Gasteiger partial charge is 0.218 e. The van der Waals surface area contributed by atoms with E-state index in [1.807, 2.05) is 18.4 Å². The molecule has 1 aliphatic heterocycles. The van der Waals surface area contributed by atoms with Gasteiger partial charge >= 0.3 is 0 Å². The number of rotatable bonds is 1. The molecule has 5 heteroatoms. The fourth-order valence-electron chi connectivity index (χ4n) is 1.28. The van der Waals surface area contributed by atoms with Gasteiger partial charge in [0, 0.05) is 16.2 Å². The first-order chi connectivity index (χ1) is 7.12. The SMILES string of the molecule is C[C@@]1(c2cc(Br)cnc2F)C=CS[C]=N1. The molecular formula is C10H7BrFN2S. The van der Waals surface area contributed by atoms with Crippen LogP contribution in [0.5, 0.6) is 0 Å². The van der Waals surface area contributed by atoms with Crippen molar-refractivity contribution in [2.45, 2.75) is 12.5 Å². The van der Waals surface area contributed by atoms with E-state index in [1.54, 1.807) is 6.07 Å². The van der Waals surface area contributed by atoms with Gasteiger partial charge in [-0.25, -0.2) is 4.98 Å². The van der Waals surface area contributed by atoms with Crippen LogP contribution in [0.25, 0.3) is 0 Å². The van der Waals surface area contributed by atoms with Crippen molar-refractivity contribution in [3.8, 4) is 0 Å². The van der Waals surface area contributed by atoms with E-state index in [1.165, 1.54) is 18.0 Å². The number of aliphatic imine (C=N–C) groups is 1. The summed E-state index contributed by atoms with van der Waals surface area (Å²) in [5, 5.41) is 1.84. The quantitative estimate of drug-likeness (QED) is 0.740. The number of halogens is 2. The third-order valence-corrected chi connectivity index (χ3v) is 3.04. The van der Waals surface area contributed by atoms with Gasteiger partial charge in [0.15, 0.2) is 0 Å². The summed E-state index contributed by atoms with van der Waals surface area (Å²) in [6.07, 6.45) is 3.26. The van der Waals surface area contributed by atoms with Crippen molar-refractivity contribution in [2.24, 2.45) is 4.99 Å². The molecule has 1 aliphatic rings. The zero-order chi connectivity index (χ0) is 10.9. The van der Waals surface area contributed by atoms with Crippen LogP contribution in [-0.4, -0.2) is 10.5 Å². The van der Waals surface area contributed by atoms with Crippen LogP contribution in [0.15, 0.2) is 33.2 Å². The fraction of sp³-hybridized carbons (Fsp3) is 0.200. The summed E-state index contributed by atoms with van der Waals surface area (Å²) < 4.78 is 14.3. The van der Waals surface area contributed by atoms with Crippen molar-refractivity contribution in [1.82, 2.24) is 4.98 Å². The summed E-state index contributed by atoms with van der Waals surface area (Å²) in [6, 6.07) is 1.69. The molecule has 0 saturated heterocycles. The van der Waals surface area contributed by atoms with E-state index in [0.29, 0.717) is 5.56 Å². The van der Waals surface area contributed by atoms with E-state index in [2.05, 4.69) is 31.5 Å². The van der Waals surface area contributed by atoms with Crippen LogP contribution in [0.4, 0.5) is 4.39 Å². The second-order valence-electron chi connectivity index (χ2n) is 3.26. The number of nitrogens with zero attached hydrogens (tertiary/aromatic N) is 2. The number of thioether (sulfide) groups is 1. The molecule has 0 fully saturated rings. The molecule has 1 atom stereocenters. The van der Waals surface area contributed by atoms with Gasteiger partial charge in [-0.3, -0.25) is 4.99 Å². The minimum atomic E-state index is -0.702. The predicted octanol–water partition coefficient (Wildman–Crippen LogP) is 3.36. The van der Waals surface area contributed by atoms with Gasteiger partial charge < -0.3 is 0 Å². The molecule has 0 unspecified atom stereocenters. The van der Waals surface area contributed by atoms with E-state index in [-0.39, 0.29) is 0 Å². The normalized spacial score (nSPS) is 24.5. The molecular weight excluding hydrogens is 279 g/mol. The number of hydrogen-bond acceptors (Lipinski definition) is 3. The Morgan fingerprint density at radius 1 is 1.60 bits per heavy atom. The van der Waals surface area contributed by atoms with Gasteiger partial charge in [-0.1, -0.05) is 11.8 Å². The molecule has 0 saturated carbocycles. The minimum Gasteiger partial charge on any atom is -0.260 e. The average molecular weight is 286 g/mol. The Bertz CT molecular complexity index is 433. The predicted molar refractivity (Wildman–Crippen MR) is 63.4 cm³/mol. The molecule has 0 bridgehead atoms. The molecule has 1 radical (unpaired) electrons. The second-order valence-corrected chi connectivity index (χ2v) is 4.87. The van der Waals surface area contributed by atoms with E-state index < -0.39 is 11.5 Å². The van der Waals surface area contributed by atoms with Crippen LogP contribution in [0.3, 0.4) is 0 Å². The van der Waals surface area contributed by atoms with Gasteiger partial charge in [0.1, 0.15) is 11.1 Å². The summed E-state index contributed by atoms with van der Waals surface area (Å²) in [6.45, 7) is 1.82. The molecule has 2 heterocycles. The Morgan fingerprint density at radius 2 is 2.40 bits per heavy atom. The Hall–Kier alpha value is -0.680. The molecule has 2 rings (SSSR count). The molecule has 0 spiro atoms. The molecule has 1 aromatic rings. The molecule has 0 N–H and O–H groups in total. The highest BCUT2D eigenvalue weighted by Gasteiger charge is 2.28. The van der Waals surface area contributed by atoms with Gasteiger partial charge in [-0.05, 0) is 40.4 Å². The van der Waals surface area contributed by atoms with Crippen molar-refractivity contribution >= 4 is 33.2 Å². The Morgan fingerprint density at radius 3 is 3.07 bits per heavy atom. The highest BCUT2D eigenvalue weighted by Crippen LogP contribution is 2.33.